The zero-order valence-electron chi connectivity index (χ0n) is 6.29. The summed E-state index contributed by atoms with van der Waals surface area (Å²) in [6.07, 6.45) is 1.99. The van der Waals surface area contributed by atoms with E-state index in [1.807, 2.05) is 0 Å². The Morgan fingerprint density at radius 1 is 1.82 bits per heavy atom. The molecule has 3 nitrogen and oxygen atoms in total. The molecule has 0 bridgehead atoms. The quantitative estimate of drug-likeness (QED) is 0.687. The molecule has 0 aliphatic heterocycles. The van der Waals surface area contributed by atoms with Gasteiger partial charge >= 0.3 is 0 Å². The van der Waals surface area contributed by atoms with Crippen LogP contribution < -0.4 is 5.32 Å². The van der Waals surface area contributed by atoms with Gasteiger partial charge in [0.25, 0.3) is 0 Å². The van der Waals surface area contributed by atoms with E-state index in [2.05, 4.69) is 16.4 Å². The van der Waals surface area contributed by atoms with Crippen molar-refractivity contribution in [3.05, 3.63) is 24.4 Å². The largest absolute Gasteiger partial charge is 0.311 e. The molecule has 0 fully saturated rings. The Kier molecular flexibility index (Phi) is 2.60. The van der Waals surface area contributed by atoms with E-state index in [9.17, 15) is 4.79 Å². The highest BCUT2D eigenvalue weighted by Crippen LogP contribution is 1.99. The van der Waals surface area contributed by atoms with Gasteiger partial charge in [-0.1, -0.05) is 6.92 Å². The lowest BCUT2D eigenvalue weighted by atomic mass is 10.4. The lowest BCUT2D eigenvalue weighted by Crippen LogP contribution is -2.10. The van der Waals surface area contributed by atoms with Crippen LogP contribution in [0.2, 0.25) is 0 Å². The Morgan fingerprint density at radius 2 is 2.64 bits per heavy atom. The maximum absolute atomic E-state index is 10.8. The number of hydrogen-bond acceptors (Lipinski definition) is 2. The summed E-state index contributed by atoms with van der Waals surface area (Å²) in [5, 5.41) is 2.62. The smallest absolute Gasteiger partial charge is 0.225 e. The Hall–Kier alpha value is -1.38. The maximum atomic E-state index is 10.8. The van der Waals surface area contributed by atoms with Gasteiger partial charge in [0.2, 0.25) is 5.91 Å². The van der Waals surface area contributed by atoms with Crippen molar-refractivity contribution in [1.29, 1.82) is 0 Å². The average Bonchev–Trinajstić information content (AvgIpc) is 2.06. The second-order valence-corrected chi connectivity index (χ2v) is 2.05. The van der Waals surface area contributed by atoms with Crippen LogP contribution in [-0.4, -0.2) is 10.9 Å². The van der Waals surface area contributed by atoms with Crippen LogP contribution in [-0.2, 0) is 4.79 Å². The summed E-state index contributed by atoms with van der Waals surface area (Å²) in [7, 11) is 0. The number of anilines is 1. The summed E-state index contributed by atoms with van der Waals surface area (Å²) in [5.74, 6) is 0.555. The molecule has 3 heteroatoms. The second kappa shape index (κ2) is 3.71. The van der Waals surface area contributed by atoms with E-state index in [0.717, 1.165) is 0 Å². The normalized spacial score (nSPS) is 9.18. The molecule has 0 spiro atoms. The molecule has 11 heavy (non-hydrogen) atoms. The van der Waals surface area contributed by atoms with Crippen molar-refractivity contribution in [3.63, 3.8) is 0 Å². The van der Waals surface area contributed by atoms with Crippen LogP contribution in [0.4, 0.5) is 5.82 Å². The topological polar surface area (TPSA) is 42.0 Å². The monoisotopic (exact) mass is 149 g/mol. The third-order valence-corrected chi connectivity index (χ3v) is 1.20. The summed E-state index contributed by atoms with van der Waals surface area (Å²) in [6.45, 7) is 1.80. The zero-order valence-corrected chi connectivity index (χ0v) is 6.29. The van der Waals surface area contributed by atoms with E-state index < -0.39 is 0 Å². The van der Waals surface area contributed by atoms with Crippen LogP contribution in [0, 0.1) is 6.07 Å². The number of rotatable bonds is 2. The highest BCUT2D eigenvalue weighted by atomic mass is 16.1. The fraction of sp³-hybridized carbons (Fsp3) is 0.250. The van der Waals surface area contributed by atoms with Crippen molar-refractivity contribution in [2.45, 2.75) is 13.3 Å². The average molecular weight is 149 g/mol. The minimum absolute atomic E-state index is 0.0244. The zero-order chi connectivity index (χ0) is 8.10. The van der Waals surface area contributed by atoms with Crippen LogP contribution in [0.25, 0.3) is 0 Å². The van der Waals surface area contributed by atoms with Crippen LogP contribution >= 0.6 is 0 Å². The van der Waals surface area contributed by atoms with Crippen molar-refractivity contribution >= 4 is 11.7 Å². The third kappa shape index (κ3) is 2.37. The number of nitrogens with zero attached hydrogens (tertiary/aromatic N) is 1. The Bertz CT molecular complexity index is 233. The van der Waals surface area contributed by atoms with E-state index in [0.29, 0.717) is 12.2 Å². The first-order valence-electron chi connectivity index (χ1n) is 3.45. The molecule has 1 aromatic heterocycles. The van der Waals surface area contributed by atoms with Gasteiger partial charge in [0, 0.05) is 18.7 Å². The number of hydrogen-bond donors (Lipinski definition) is 1. The maximum Gasteiger partial charge on any atom is 0.225 e. The van der Waals surface area contributed by atoms with Crippen molar-refractivity contribution in [2.24, 2.45) is 0 Å². The second-order valence-electron chi connectivity index (χ2n) is 2.05. The SMILES string of the molecule is CCC(=O)Nc1cc[c]cn1. The molecule has 1 N–H and O–H groups in total. The molecule has 57 valence electrons. The van der Waals surface area contributed by atoms with Crippen LogP contribution in [0.1, 0.15) is 13.3 Å². The van der Waals surface area contributed by atoms with Gasteiger partial charge in [-0.15, -0.1) is 0 Å². The highest BCUT2D eigenvalue weighted by Gasteiger charge is 1.96. The number of amides is 1. The molecule has 1 aromatic rings. The lowest BCUT2D eigenvalue weighted by Gasteiger charge is -1.99. The lowest BCUT2D eigenvalue weighted by molar-refractivity contribution is -0.115. The van der Waals surface area contributed by atoms with Gasteiger partial charge in [0.15, 0.2) is 0 Å². The van der Waals surface area contributed by atoms with Gasteiger partial charge in [-0.25, -0.2) is 4.98 Å². The summed E-state index contributed by atoms with van der Waals surface area (Å²) < 4.78 is 0. The van der Waals surface area contributed by atoms with Crippen molar-refractivity contribution in [1.82, 2.24) is 4.98 Å². The first-order chi connectivity index (χ1) is 5.33. The number of aromatic nitrogens is 1. The van der Waals surface area contributed by atoms with Gasteiger partial charge in [0.1, 0.15) is 5.82 Å². The fourth-order valence-corrected chi connectivity index (χ4v) is 0.625. The van der Waals surface area contributed by atoms with Crippen LogP contribution in [0.3, 0.4) is 0 Å². The van der Waals surface area contributed by atoms with Crippen LogP contribution in [0.15, 0.2) is 18.3 Å². The summed E-state index contributed by atoms with van der Waals surface area (Å²) in [6, 6.07) is 6.17. The molecule has 0 unspecified atom stereocenters. The Morgan fingerprint density at radius 3 is 3.18 bits per heavy atom. The minimum Gasteiger partial charge on any atom is -0.311 e. The molecule has 0 aliphatic rings. The molecule has 1 amide bonds. The third-order valence-electron chi connectivity index (χ3n) is 1.20. The Balaban J connectivity index is 2.58. The van der Waals surface area contributed by atoms with E-state index in [1.165, 1.54) is 6.20 Å². The van der Waals surface area contributed by atoms with E-state index in [4.69, 9.17) is 0 Å². The van der Waals surface area contributed by atoms with Crippen molar-refractivity contribution in [2.75, 3.05) is 5.32 Å². The number of pyridine rings is 1. The standard InChI is InChI=1S/C8H9N2O/c1-2-8(11)10-7-5-3-4-6-9-7/h3,5-6H,2H2,1H3,(H,9,10,11). The van der Waals surface area contributed by atoms with E-state index in [-0.39, 0.29) is 5.91 Å². The number of carbonyl (C=O) groups is 1. The van der Waals surface area contributed by atoms with Gasteiger partial charge in [0.05, 0.1) is 0 Å². The van der Waals surface area contributed by atoms with Gasteiger partial charge in [-0.3, -0.25) is 4.79 Å². The first-order valence-corrected chi connectivity index (χ1v) is 3.45. The molecule has 1 rings (SSSR count). The highest BCUT2D eigenvalue weighted by molar-refractivity contribution is 5.89. The van der Waals surface area contributed by atoms with E-state index in [1.54, 1.807) is 19.1 Å². The number of carbonyl (C=O) groups excluding carboxylic acids is 1. The Labute approximate surface area is 65.5 Å². The van der Waals surface area contributed by atoms with Crippen molar-refractivity contribution in [3.8, 4) is 0 Å². The predicted octanol–water partition coefficient (Wildman–Crippen LogP) is 1.23. The minimum atomic E-state index is -0.0244. The molecular weight excluding hydrogens is 140 g/mol. The molecular formula is C8H9N2O. The molecule has 1 radical (unpaired) electrons. The van der Waals surface area contributed by atoms with Crippen molar-refractivity contribution < 1.29 is 4.79 Å². The summed E-state index contributed by atoms with van der Waals surface area (Å²) in [5.41, 5.74) is 0. The van der Waals surface area contributed by atoms with Crippen LogP contribution in [0.5, 0.6) is 0 Å². The van der Waals surface area contributed by atoms with Gasteiger partial charge < -0.3 is 5.32 Å². The predicted molar refractivity (Wildman–Crippen MR) is 42.0 cm³/mol. The molecule has 0 atom stereocenters. The summed E-state index contributed by atoms with van der Waals surface area (Å²) >= 11 is 0. The molecule has 0 aromatic carbocycles. The van der Waals surface area contributed by atoms with Gasteiger partial charge in [-0.2, -0.15) is 0 Å². The number of nitrogens with one attached hydrogen (secondary N) is 1. The fourth-order valence-electron chi connectivity index (χ4n) is 0.625. The summed E-state index contributed by atoms with van der Waals surface area (Å²) in [4.78, 5) is 14.7. The van der Waals surface area contributed by atoms with Gasteiger partial charge in [-0.05, 0) is 12.1 Å². The first kappa shape index (κ1) is 7.72. The molecule has 0 saturated heterocycles. The molecule has 0 aliphatic carbocycles. The molecule has 1 heterocycles. The molecule has 0 saturated carbocycles. The van der Waals surface area contributed by atoms with E-state index >= 15 is 0 Å².